The van der Waals surface area contributed by atoms with Crippen LogP contribution in [0.25, 0.3) is 11.3 Å². The minimum atomic E-state index is -0.684. The van der Waals surface area contributed by atoms with E-state index >= 15 is 0 Å². The van der Waals surface area contributed by atoms with Crippen LogP contribution in [0.4, 0.5) is 10.6 Å². The second-order valence-corrected chi connectivity index (χ2v) is 9.53. The summed E-state index contributed by atoms with van der Waals surface area (Å²) < 4.78 is 14.6. The molecule has 1 amide bonds. The molecule has 0 atom stereocenters. The van der Waals surface area contributed by atoms with Crippen molar-refractivity contribution in [2.24, 2.45) is 0 Å². The lowest BCUT2D eigenvalue weighted by Crippen LogP contribution is -2.37. The molecule has 0 aromatic carbocycles. The molecule has 9 nitrogen and oxygen atoms in total. The van der Waals surface area contributed by atoms with Gasteiger partial charge in [-0.25, -0.2) is 14.8 Å². The summed E-state index contributed by atoms with van der Waals surface area (Å²) in [6.45, 7) is 5.63. The van der Waals surface area contributed by atoms with Gasteiger partial charge in [-0.1, -0.05) is 17.7 Å². The first-order chi connectivity index (χ1) is 15.7. The van der Waals surface area contributed by atoms with Crippen molar-refractivity contribution in [1.29, 1.82) is 0 Å². The number of fused-ring (bicyclic) bond motifs is 2. The molecule has 0 radical (unpaired) electrons. The minimum absolute atomic E-state index is 0.147. The van der Waals surface area contributed by atoms with Crippen LogP contribution >= 0.6 is 11.6 Å². The van der Waals surface area contributed by atoms with E-state index in [0.717, 1.165) is 18.4 Å². The maximum atomic E-state index is 13.3. The molecule has 0 unspecified atom stereocenters. The highest BCUT2D eigenvalue weighted by Gasteiger charge is 2.31. The van der Waals surface area contributed by atoms with E-state index in [2.05, 4.69) is 15.1 Å². The zero-order valence-corrected chi connectivity index (χ0v) is 19.7. The highest BCUT2D eigenvalue weighted by Crippen LogP contribution is 2.42. The third-order valence-electron chi connectivity index (χ3n) is 5.39. The minimum Gasteiger partial charge on any atom is -0.482 e. The SMILES string of the molecule is COc1cccc2nc(CN(C(=O)OC(C)(C)C)c3cc(Cl)nc4c(C5CC5)cnn34)cn12. The quantitative estimate of drug-likeness (QED) is 0.389. The first kappa shape index (κ1) is 21.5. The number of carbonyl (C=O) groups excluding carboxylic acids is 1. The maximum Gasteiger partial charge on any atom is 0.416 e. The lowest BCUT2D eigenvalue weighted by Gasteiger charge is -2.27. The van der Waals surface area contributed by atoms with Crippen LogP contribution < -0.4 is 9.64 Å². The molecular weight excluding hydrogens is 444 g/mol. The lowest BCUT2D eigenvalue weighted by molar-refractivity contribution is 0.0575. The number of hydrogen-bond donors (Lipinski definition) is 0. The number of rotatable bonds is 5. The molecule has 1 fully saturated rings. The Morgan fingerprint density at radius 2 is 2.06 bits per heavy atom. The molecule has 5 rings (SSSR count). The van der Waals surface area contributed by atoms with E-state index in [9.17, 15) is 4.79 Å². The van der Waals surface area contributed by atoms with Crippen molar-refractivity contribution in [3.05, 3.63) is 53.1 Å². The van der Waals surface area contributed by atoms with Crippen molar-refractivity contribution in [2.45, 2.75) is 51.7 Å². The monoisotopic (exact) mass is 468 g/mol. The number of ether oxygens (including phenoxy) is 2. The normalized spacial score (nSPS) is 14.1. The van der Waals surface area contributed by atoms with Crippen LogP contribution in [0.3, 0.4) is 0 Å². The van der Waals surface area contributed by atoms with E-state index in [1.807, 2.05) is 55.8 Å². The molecular formula is C23H25ClN6O3. The first-order valence-electron chi connectivity index (χ1n) is 10.8. The molecule has 33 heavy (non-hydrogen) atoms. The molecule has 1 aliphatic rings. The third-order valence-corrected chi connectivity index (χ3v) is 5.58. The summed E-state index contributed by atoms with van der Waals surface area (Å²) in [4.78, 5) is 24.0. The van der Waals surface area contributed by atoms with Crippen LogP contribution in [0.2, 0.25) is 5.15 Å². The van der Waals surface area contributed by atoms with Gasteiger partial charge in [0, 0.05) is 17.8 Å². The summed E-state index contributed by atoms with van der Waals surface area (Å²) in [5.41, 5.74) is 2.38. The number of pyridine rings is 1. The van der Waals surface area contributed by atoms with E-state index < -0.39 is 11.7 Å². The van der Waals surface area contributed by atoms with Crippen molar-refractivity contribution in [3.8, 4) is 5.88 Å². The van der Waals surface area contributed by atoms with Gasteiger partial charge in [-0.15, -0.1) is 0 Å². The molecule has 1 aliphatic carbocycles. The molecule has 4 aromatic heterocycles. The molecule has 172 valence electrons. The molecule has 4 heterocycles. The zero-order valence-electron chi connectivity index (χ0n) is 18.9. The first-order valence-corrected chi connectivity index (χ1v) is 11.2. The number of halogens is 1. The Bertz CT molecular complexity index is 1350. The predicted molar refractivity (Wildman–Crippen MR) is 124 cm³/mol. The average Bonchev–Trinajstić information content (AvgIpc) is 3.36. The Labute approximate surface area is 195 Å². The van der Waals surface area contributed by atoms with Gasteiger partial charge in [0.15, 0.2) is 11.5 Å². The Hall–Kier alpha value is -3.33. The van der Waals surface area contributed by atoms with Gasteiger partial charge in [0.1, 0.15) is 22.2 Å². The van der Waals surface area contributed by atoms with Crippen LogP contribution in [0, 0.1) is 0 Å². The van der Waals surface area contributed by atoms with Gasteiger partial charge in [-0.05, 0) is 51.7 Å². The van der Waals surface area contributed by atoms with Crippen LogP contribution in [0.1, 0.15) is 50.8 Å². The number of carbonyl (C=O) groups is 1. The largest absolute Gasteiger partial charge is 0.482 e. The maximum absolute atomic E-state index is 13.3. The predicted octanol–water partition coefficient (Wildman–Crippen LogP) is 4.86. The van der Waals surface area contributed by atoms with E-state index in [-0.39, 0.29) is 11.7 Å². The second-order valence-electron chi connectivity index (χ2n) is 9.14. The van der Waals surface area contributed by atoms with E-state index in [1.165, 1.54) is 4.90 Å². The summed E-state index contributed by atoms with van der Waals surface area (Å²) in [6.07, 6.45) is 5.32. The van der Waals surface area contributed by atoms with E-state index in [0.29, 0.717) is 34.6 Å². The second kappa shape index (κ2) is 7.91. The van der Waals surface area contributed by atoms with Crippen molar-refractivity contribution in [2.75, 3.05) is 12.0 Å². The van der Waals surface area contributed by atoms with Crippen LogP contribution in [-0.4, -0.2) is 42.8 Å². The van der Waals surface area contributed by atoms with Crippen LogP contribution in [-0.2, 0) is 11.3 Å². The van der Waals surface area contributed by atoms with Gasteiger partial charge >= 0.3 is 6.09 Å². The fourth-order valence-electron chi connectivity index (χ4n) is 3.81. The number of aromatic nitrogens is 5. The lowest BCUT2D eigenvalue weighted by atomic mass is 10.2. The Morgan fingerprint density at radius 1 is 1.27 bits per heavy atom. The molecule has 0 bridgehead atoms. The number of anilines is 1. The highest BCUT2D eigenvalue weighted by molar-refractivity contribution is 6.29. The van der Waals surface area contributed by atoms with Crippen molar-refractivity contribution < 1.29 is 14.3 Å². The van der Waals surface area contributed by atoms with Gasteiger partial charge in [0.05, 0.1) is 25.5 Å². The summed E-state index contributed by atoms with van der Waals surface area (Å²) in [5, 5.41) is 4.82. The van der Waals surface area contributed by atoms with E-state index in [4.69, 9.17) is 21.1 Å². The van der Waals surface area contributed by atoms with Crippen LogP contribution in [0.5, 0.6) is 5.88 Å². The number of amides is 1. The summed E-state index contributed by atoms with van der Waals surface area (Å²) in [5.74, 6) is 1.54. The molecule has 0 spiro atoms. The Morgan fingerprint density at radius 3 is 2.76 bits per heavy atom. The van der Waals surface area contributed by atoms with E-state index in [1.54, 1.807) is 17.7 Å². The van der Waals surface area contributed by atoms with Crippen molar-refractivity contribution >= 4 is 34.8 Å². The van der Waals surface area contributed by atoms with Gasteiger partial charge in [0.2, 0.25) is 0 Å². The molecule has 4 aromatic rings. The molecule has 10 heteroatoms. The molecule has 0 N–H and O–H groups in total. The smallest absolute Gasteiger partial charge is 0.416 e. The van der Waals surface area contributed by atoms with Gasteiger partial charge in [-0.3, -0.25) is 9.30 Å². The summed E-state index contributed by atoms with van der Waals surface area (Å²) in [7, 11) is 1.60. The standard InChI is InChI=1S/C23H25ClN6O3/c1-23(2,3)33-22(31)29(13-15-12-28-18(26-15)6-5-7-20(28)32-4)19-10-17(24)27-21-16(14-8-9-14)11-25-30(19)21/h5-7,10-12,14H,8-9,13H2,1-4H3. The summed E-state index contributed by atoms with van der Waals surface area (Å²) in [6, 6.07) is 7.21. The van der Waals surface area contributed by atoms with Crippen molar-refractivity contribution in [1.82, 2.24) is 24.0 Å². The fourth-order valence-corrected chi connectivity index (χ4v) is 3.98. The topological polar surface area (TPSA) is 86.3 Å². The number of hydrogen-bond acceptors (Lipinski definition) is 6. The Kier molecular flexibility index (Phi) is 5.16. The van der Waals surface area contributed by atoms with Crippen molar-refractivity contribution in [3.63, 3.8) is 0 Å². The van der Waals surface area contributed by atoms with Gasteiger partial charge in [0.25, 0.3) is 0 Å². The van der Waals surface area contributed by atoms with Gasteiger partial charge in [-0.2, -0.15) is 9.61 Å². The fraction of sp³-hybridized carbons (Fsp3) is 0.391. The number of imidazole rings is 1. The van der Waals surface area contributed by atoms with Crippen LogP contribution in [0.15, 0.2) is 36.7 Å². The third kappa shape index (κ3) is 4.20. The average molecular weight is 469 g/mol. The summed E-state index contributed by atoms with van der Waals surface area (Å²) >= 11 is 6.40. The highest BCUT2D eigenvalue weighted by atomic mass is 35.5. The Balaban J connectivity index is 1.61. The molecule has 1 saturated carbocycles. The molecule has 0 saturated heterocycles. The zero-order chi connectivity index (χ0) is 23.3. The van der Waals surface area contributed by atoms with Gasteiger partial charge < -0.3 is 9.47 Å². The number of nitrogens with zero attached hydrogens (tertiary/aromatic N) is 6. The number of methoxy groups -OCH3 is 1. The molecule has 0 aliphatic heterocycles.